The maximum atomic E-state index is 15.4. The average Bonchev–Trinajstić information content (AvgIpc) is 2.72. The Bertz CT molecular complexity index is 759. The fourth-order valence-corrected chi connectivity index (χ4v) is 4.36. The molecule has 0 aromatic carbocycles. The molecule has 2 unspecified atom stereocenters. The number of allylic oxidation sites excluding steroid dienone is 1. The van der Waals surface area contributed by atoms with Gasteiger partial charge >= 0.3 is 6.03 Å². The first-order chi connectivity index (χ1) is 13.3. The summed E-state index contributed by atoms with van der Waals surface area (Å²) in [5.74, 6) is -0.0797. The lowest BCUT2D eigenvalue weighted by Crippen LogP contribution is -2.48. The summed E-state index contributed by atoms with van der Waals surface area (Å²) in [6.45, 7) is 2.03. The Morgan fingerprint density at radius 1 is 1.43 bits per heavy atom. The number of aromatic nitrogens is 1. The van der Waals surface area contributed by atoms with Crippen LogP contribution in [0.1, 0.15) is 19.8 Å². The van der Waals surface area contributed by atoms with Crippen LogP contribution in [0.4, 0.5) is 9.18 Å². The number of rotatable bonds is 6. The summed E-state index contributed by atoms with van der Waals surface area (Å²) in [6.07, 6.45) is 6.12. The minimum absolute atomic E-state index is 0.303. The van der Waals surface area contributed by atoms with E-state index < -0.39 is 21.7 Å². The molecule has 28 heavy (non-hydrogen) atoms. The quantitative estimate of drug-likeness (QED) is 0.611. The molecule has 8 nitrogen and oxygen atoms in total. The molecular formula is C18H26FN5O3S. The lowest BCUT2D eigenvalue weighted by atomic mass is 9.92. The van der Waals surface area contributed by atoms with Gasteiger partial charge in [-0.3, -0.25) is 4.21 Å². The average molecular weight is 412 g/mol. The van der Waals surface area contributed by atoms with Crippen LogP contribution in [0.25, 0.3) is 0 Å². The molecule has 0 bridgehead atoms. The number of pyridine rings is 1. The van der Waals surface area contributed by atoms with Gasteiger partial charge in [0, 0.05) is 37.5 Å². The number of urea groups is 1. The van der Waals surface area contributed by atoms with Crippen LogP contribution in [0, 0.1) is 5.92 Å². The van der Waals surface area contributed by atoms with Crippen LogP contribution in [0.5, 0.6) is 5.88 Å². The summed E-state index contributed by atoms with van der Waals surface area (Å²) in [7, 11) is -0.416. The van der Waals surface area contributed by atoms with E-state index in [9.17, 15) is 9.00 Å². The van der Waals surface area contributed by atoms with Gasteiger partial charge in [-0.05, 0) is 38.1 Å². The van der Waals surface area contributed by atoms with E-state index in [-0.39, 0.29) is 6.03 Å². The van der Waals surface area contributed by atoms with Crippen molar-refractivity contribution in [2.75, 3.05) is 20.2 Å². The number of nitrogens with two attached hydrogens (primary N) is 2. The van der Waals surface area contributed by atoms with Gasteiger partial charge in [0.05, 0.1) is 28.5 Å². The molecular weight excluding hydrogens is 385 g/mol. The molecule has 0 radical (unpaired) electrons. The monoisotopic (exact) mass is 411 g/mol. The number of carbonyl (C=O) groups excluding carboxylic acids is 1. The number of nitrogens with one attached hydrogen (secondary N) is 1. The van der Waals surface area contributed by atoms with E-state index in [1.807, 2.05) is 0 Å². The number of nitrogens with zero attached hydrogens (tertiary/aromatic N) is 2. The molecule has 0 aliphatic carbocycles. The lowest BCUT2D eigenvalue weighted by molar-refractivity contribution is 0.117. The minimum atomic E-state index is -1.94. The second-order valence-corrected chi connectivity index (χ2v) is 8.27. The number of piperidine rings is 1. The highest BCUT2D eigenvalue weighted by Crippen LogP contribution is 2.37. The SMILES string of the molecule is COc1ccc(S(=O)C(C)(F)C2CCN(C(=O)NC(/C=C\N)=C/N)CC2)cn1. The van der Waals surface area contributed by atoms with Crippen LogP contribution >= 0.6 is 0 Å². The van der Waals surface area contributed by atoms with Crippen molar-refractivity contribution < 1.29 is 18.1 Å². The summed E-state index contributed by atoms with van der Waals surface area (Å²) < 4.78 is 33.1. The van der Waals surface area contributed by atoms with E-state index in [2.05, 4.69) is 10.3 Å². The molecule has 154 valence electrons. The van der Waals surface area contributed by atoms with Crippen molar-refractivity contribution in [2.45, 2.75) is 29.7 Å². The molecule has 5 N–H and O–H groups in total. The Morgan fingerprint density at radius 3 is 2.61 bits per heavy atom. The van der Waals surface area contributed by atoms with Crippen molar-refractivity contribution in [3.63, 3.8) is 0 Å². The van der Waals surface area contributed by atoms with Crippen LogP contribution in [0.3, 0.4) is 0 Å². The predicted molar refractivity (Wildman–Crippen MR) is 105 cm³/mol. The largest absolute Gasteiger partial charge is 0.481 e. The Kier molecular flexibility index (Phi) is 7.38. The number of hydrogen-bond donors (Lipinski definition) is 3. The summed E-state index contributed by atoms with van der Waals surface area (Å²) >= 11 is 0. The third-order valence-electron chi connectivity index (χ3n) is 4.71. The van der Waals surface area contributed by atoms with Crippen LogP contribution in [0.2, 0.25) is 0 Å². The summed E-state index contributed by atoms with van der Waals surface area (Å²) in [5.41, 5.74) is 11.1. The number of alkyl halides is 1. The fourth-order valence-electron chi connectivity index (χ4n) is 3.02. The fraction of sp³-hybridized carbons (Fsp3) is 0.444. The number of ether oxygens (including phenoxy) is 1. The number of hydrogen-bond acceptors (Lipinski definition) is 6. The minimum Gasteiger partial charge on any atom is -0.481 e. The van der Waals surface area contributed by atoms with Gasteiger partial charge < -0.3 is 26.4 Å². The summed E-state index contributed by atoms with van der Waals surface area (Å²) in [6, 6.07) is 2.76. The van der Waals surface area contributed by atoms with Gasteiger partial charge in [0.15, 0.2) is 5.00 Å². The molecule has 2 amide bonds. The third kappa shape index (κ3) is 5.00. The zero-order chi connectivity index (χ0) is 20.7. The molecule has 0 saturated carbocycles. The molecule has 1 aromatic heterocycles. The van der Waals surface area contributed by atoms with Gasteiger partial charge in [0.25, 0.3) is 0 Å². The van der Waals surface area contributed by atoms with Crippen LogP contribution in [0.15, 0.2) is 47.4 Å². The van der Waals surface area contributed by atoms with Gasteiger partial charge in [-0.15, -0.1) is 0 Å². The Balaban J connectivity index is 1.98. The van der Waals surface area contributed by atoms with E-state index in [0.717, 1.165) is 0 Å². The number of carbonyl (C=O) groups is 1. The van der Waals surface area contributed by atoms with E-state index in [1.54, 1.807) is 17.0 Å². The first-order valence-corrected chi connectivity index (χ1v) is 9.95. The number of methoxy groups -OCH3 is 1. The molecule has 1 aromatic rings. The van der Waals surface area contributed by atoms with Gasteiger partial charge in [-0.1, -0.05) is 0 Å². The van der Waals surface area contributed by atoms with Gasteiger partial charge in [0.2, 0.25) is 5.88 Å². The Labute approximate surface area is 166 Å². The molecule has 1 saturated heterocycles. The second kappa shape index (κ2) is 9.54. The standard InChI is InChI=1S/C18H26FN5O3S/c1-18(19,28(26)15-3-4-16(27-2)22-12-15)13-6-9-24(10-7-13)17(25)23-14(11-21)5-8-20/h3-5,8,11-13H,6-7,9-10,20-21H2,1-2H3,(H,23,25)/b8-5-,14-11+. The van der Waals surface area contributed by atoms with Crippen molar-refractivity contribution in [1.82, 2.24) is 15.2 Å². The van der Waals surface area contributed by atoms with Crippen LogP contribution in [-0.4, -0.2) is 45.3 Å². The van der Waals surface area contributed by atoms with E-state index in [4.69, 9.17) is 16.2 Å². The summed E-state index contributed by atoms with van der Waals surface area (Å²) in [5, 5.41) is 0.692. The highest BCUT2D eigenvalue weighted by Gasteiger charge is 2.43. The maximum Gasteiger partial charge on any atom is 0.321 e. The Morgan fingerprint density at radius 2 is 2.11 bits per heavy atom. The van der Waals surface area contributed by atoms with Gasteiger partial charge in [-0.2, -0.15) is 0 Å². The highest BCUT2D eigenvalue weighted by atomic mass is 32.2. The third-order valence-corrected chi connectivity index (χ3v) is 6.44. The maximum absolute atomic E-state index is 15.4. The molecule has 1 aliphatic rings. The van der Waals surface area contributed by atoms with Gasteiger partial charge in [0.1, 0.15) is 0 Å². The first kappa shape index (κ1) is 21.7. The van der Waals surface area contributed by atoms with E-state index in [1.165, 1.54) is 38.7 Å². The summed E-state index contributed by atoms with van der Waals surface area (Å²) in [4.78, 5) is 18.1. The molecule has 2 rings (SSSR count). The van der Waals surface area contributed by atoms with Crippen LogP contribution in [-0.2, 0) is 10.8 Å². The molecule has 2 heterocycles. The zero-order valence-corrected chi connectivity index (χ0v) is 16.7. The number of likely N-dealkylation sites (tertiary alicyclic amines) is 1. The highest BCUT2D eigenvalue weighted by molar-refractivity contribution is 7.86. The lowest BCUT2D eigenvalue weighted by Gasteiger charge is -2.37. The zero-order valence-electron chi connectivity index (χ0n) is 15.9. The molecule has 10 heteroatoms. The Hall–Kier alpha value is -2.62. The normalized spacial score (nSPS) is 19.2. The van der Waals surface area contributed by atoms with Crippen molar-refractivity contribution >= 4 is 16.8 Å². The number of halogens is 1. The van der Waals surface area contributed by atoms with Crippen LogP contribution < -0.4 is 21.5 Å². The molecule has 2 atom stereocenters. The van der Waals surface area contributed by atoms with E-state index in [0.29, 0.717) is 42.4 Å². The molecule has 1 fully saturated rings. The molecule has 0 spiro atoms. The van der Waals surface area contributed by atoms with E-state index >= 15 is 4.39 Å². The first-order valence-electron chi connectivity index (χ1n) is 8.80. The van der Waals surface area contributed by atoms with Crippen molar-refractivity contribution in [2.24, 2.45) is 17.4 Å². The van der Waals surface area contributed by atoms with Gasteiger partial charge in [-0.25, -0.2) is 14.2 Å². The predicted octanol–water partition coefficient (Wildman–Crippen LogP) is 1.58. The van der Waals surface area contributed by atoms with Crippen molar-refractivity contribution in [3.05, 3.63) is 42.5 Å². The van der Waals surface area contributed by atoms with Crippen molar-refractivity contribution in [1.29, 1.82) is 0 Å². The molecule has 1 aliphatic heterocycles. The number of amides is 2. The second-order valence-electron chi connectivity index (χ2n) is 6.46. The topological polar surface area (TPSA) is 124 Å². The van der Waals surface area contributed by atoms with Crippen molar-refractivity contribution in [3.8, 4) is 5.88 Å². The smallest absolute Gasteiger partial charge is 0.321 e.